The van der Waals surface area contributed by atoms with Crippen LogP contribution in [0.5, 0.6) is 0 Å². The average molecular weight is 387 g/mol. The van der Waals surface area contributed by atoms with Crippen molar-refractivity contribution in [1.29, 1.82) is 0 Å². The number of amides is 1. The lowest BCUT2D eigenvalue weighted by molar-refractivity contribution is 0.0939. The molecule has 150 valence electrons. The predicted molar refractivity (Wildman–Crippen MR) is 120 cm³/mol. The Balaban J connectivity index is 1.74. The Morgan fingerprint density at radius 2 is 1.72 bits per heavy atom. The first-order chi connectivity index (χ1) is 14.2. The van der Waals surface area contributed by atoms with Crippen molar-refractivity contribution in [2.45, 2.75) is 58.4 Å². The molecule has 1 atom stereocenters. The van der Waals surface area contributed by atoms with E-state index in [4.69, 9.17) is 0 Å². The third-order valence-electron chi connectivity index (χ3n) is 6.00. The predicted octanol–water partition coefficient (Wildman–Crippen LogP) is 5.94. The minimum absolute atomic E-state index is 0.000479. The van der Waals surface area contributed by atoms with E-state index in [1.54, 1.807) is 0 Å². The van der Waals surface area contributed by atoms with Crippen LogP contribution in [0.4, 0.5) is 0 Å². The molecule has 0 spiro atoms. The number of carbonyl (C=O) groups excluding carboxylic acids is 1. The highest BCUT2D eigenvalue weighted by Crippen LogP contribution is 2.33. The Labute approximate surface area is 173 Å². The molecular formula is C26H30N2O. The number of rotatable bonds is 5. The second kappa shape index (κ2) is 8.69. The summed E-state index contributed by atoms with van der Waals surface area (Å²) < 4.78 is 2.41. The molecule has 29 heavy (non-hydrogen) atoms. The molecule has 1 aliphatic rings. The number of benzene rings is 2. The summed E-state index contributed by atoms with van der Waals surface area (Å²) in [6.45, 7) is 4.12. The molecule has 0 bridgehead atoms. The Hall–Kier alpha value is -2.81. The summed E-state index contributed by atoms with van der Waals surface area (Å²) in [7, 11) is 0. The second-order valence-electron chi connectivity index (χ2n) is 8.09. The van der Waals surface area contributed by atoms with Gasteiger partial charge in [-0.3, -0.25) is 4.79 Å². The van der Waals surface area contributed by atoms with Gasteiger partial charge in [0.05, 0.1) is 5.69 Å². The molecule has 0 radical (unpaired) electrons. The Bertz CT molecular complexity index is 970. The number of nitrogens with zero attached hydrogens (tertiary/aromatic N) is 1. The highest BCUT2D eigenvalue weighted by atomic mass is 16.1. The van der Waals surface area contributed by atoms with Crippen LogP contribution in [-0.2, 0) is 12.8 Å². The van der Waals surface area contributed by atoms with Crippen molar-refractivity contribution in [2.24, 2.45) is 0 Å². The Morgan fingerprint density at radius 3 is 2.45 bits per heavy atom. The lowest BCUT2D eigenvalue weighted by atomic mass is 10.1. The largest absolute Gasteiger partial charge is 0.350 e. The van der Waals surface area contributed by atoms with E-state index in [1.165, 1.54) is 41.8 Å². The van der Waals surface area contributed by atoms with Crippen LogP contribution in [0.1, 0.15) is 61.1 Å². The van der Waals surface area contributed by atoms with Crippen LogP contribution in [0.15, 0.2) is 60.7 Å². The van der Waals surface area contributed by atoms with E-state index in [0.717, 1.165) is 24.9 Å². The quantitative estimate of drug-likeness (QED) is 0.541. The Morgan fingerprint density at radius 1 is 1.00 bits per heavy atom. The maximum absolute atomic E-state index is 12.5. The summed E-state index contributed by atoms with van der Waals surface area (Å²) in [6.07, 6.45) is 6.99. The van der Waals surface area contributed by atoms with Crippen molar-refractivity contribution in [3.63, 3.8) is 0 Å². The van der Waals surface area contributed by atoms with Gasteiger partial charge in [-0.15, -0.1) is 0 Å². The van der Waals surface area contributed by atoms with Gasteiger partial charge in [-0.2, -0.15) is 0 Å². The maximum Gasteiger partial charge on any atom is 0.251 e. The molecule has 3 nitrogen and oxygen atoms in total. The highest BCUT2D eigenvalue weighted by molar-refractivity contribution is 5.94. The molecule has 0 unspecified atom stereocenters. The summed E-state index contributed by atoms with van der Waals surface area (Å²) in [5.41, 5.74) is 7.23. The van der Waals surface area contributed by atoms with Gasteiger partial charge in [0.15, 0.2) is 0 Å². The minimum atomic E-state index is 0.000479. The number of nitrogens with one attached hydrogen (secondary N) is 1. The van der Waals surface area contributed by atoms with Gasteiger partial charge in [0.25, 0.3) is 5.91 Å². The van der Waals surface area contributed by atoms with Crippen molar-refractivity contribution in [2.75, 3.05) is 0 Å². The molecule has 1 amide bonds. The van der Waals surface area contributed by atoms with Gasteiger partial charge in [-0.05, 0) is 80.5 Å². The van der Waals surface area contributed by atoms with Crippen LogP contribution in [0.2, 0.25) is 0 Å². The number of carbonyl (C=O) groups is 1. The smallest absolute Gasteiger partial charge is 0.251 e. The van der Waals surface area contributed by atoms with Crippen molar-refractivity contribution in [1.82, 2.24) is 9.88 Å². The van der Waals surface area contributed by atoms with E-state index in [0.29, 0.717) is 5.56 Å². The minimum Gasteiger partial charge on any atom is -0.350 e. The lowest BCUT2D eigenvalue weighted by Gasteiger charge is -2.16. The normalized spacial score (nSPS) is 14.7. The fourth-order valence-corrected chi connectivity index (χ4v) is 4.16. The third kappa shape index (κ3) is 4.14. The standard InChI is InChI=1S/C26H30N2O/c1-3-19(2)27-26(29)21-14-16-23(17-15-21)28-24-13-9-5-8-12-22(24)18-25(28)20-10-6-4-7-11-20/h4,6-7,10-11,14-19H,3,5,8-9,12-13H2,1-2H3,(H,27,29)/t19-/m1/s1. The second-order valence-corrected chi connectivity index (χ2v) is 8.09. The molecule has 1 heterocycles. The first kappa shape index (κ1) is 19.5. The van der Waals surface area contributed by atoms with Crippen molar-refractivity contribution >= 4 is 5.91 Å². The summed E-state index contributed by atoms with van der Waals surface area (Å²) in [5.74, 6) is 0.000479. The van der Waals surface area contributed by atoms with E-state index >= 15 is 0 Å². The van der Waals surface area contributed by atoms with Gasteiger partial charge in [-0.1, -0.05) is 43.7 Å². The summed E-state index contributed by atoms with van der Waals surface area (Å²) in [4.78, 5) is 12.5. The molecule has 1 N–H and O–H groups in total. The van der Waals surface area contributed by atoms with Gasteiger partial charge in [0.2, 0.25) is 0 Å². The number of fused-ring (bicyclic) bond motifs is 1. The summed E-state index contributed by atoms with van der Waals surface area (Å²) in [5, 5.41) is 3.05. The van der Waals surface area contributed by atoms with Crippen molar-refractivity contribution in [3.05, 3.63) is 77.5 Å². The van der Waals surface area contributed by atoms with Crippen LogP contribution < -0.4 is 5.32 Å². The van der Waals surface area contributed by atoms with Gasteiger partial charge < -0.3 is 9.88 Å². The zero-order valence-electron chi connectivity index (χ0n) is 17.4. The number of aryl methyl sites for hydroxylation is 1. The van der Waals surface area contributed by atoms with Crippen LogP contribution in [0.25, 0.3) is 16.9 Å². The third-order valence-corrected chi connectivity index (χ3v) is 6.00. The van der Waals surface area contributed by atoms with E-state index in [-0.39, 0.29) is 11.9 Å². The van der Waals surface area contributed by atoms with Crippen LogP contribution in [0.3, 0.4) is 0 Å². The topological polar surface area (TPSA) is 34.0 Å². The maximum atomic E-state index is 12.5. The molecule has 3 aromatic rings. The average Bonchev–Trinajstić information content (AvgIpc) is 2.96. The molecular weight excluding hydrogens is 356 g/mol. The molecule has 2 aromatic carbocycles. The molecule has 4 rings (SSSR count). The molecule has 0 fully saturated rings. The lowest BCUT2D eigenvalue weighted by Crippen LogP contribution is -2.31. The van der Waals surface area contributed by atoms with Crippen LogP contribution >= 0.6 is 0 Å². The summed E-state index contributed by atoms with van der Waals surface area (Å²) in [6, 6.07) is 21.2. The fraction of sp³-hybridized carbons (Fsp3) is 0.346. The molecule has 0 saturated heterocycles. The van der Waals surface area contributed by atoms with E-state index < -0.39 is 0 Å². The van der Waals surface area contributed by atoms with E-state index in [1.807, 2.05) is 19.1 Å². The van der Waals surface area contributed by atoms with Crippen molar-refractivity contribution < 1.29 is 4.79 Å². The number of hydrogen-bond acceptors (Lipinski definition) is 1. The SMILES string of the molecule is CC[C@@H](C)NC(=O)c1ccc(-n2c(-c3ccccc3)cc3c2CCCCC3)cc1. The highest BCUT2D eigenvalue weighted by Gasteiger charge is 2.19. The first-order valence-corrected chi connectivity index (χ1v) is 10.9. The van der Waals surface area contributed by atoms with Gasteiger partial charge in [0, 0.05) is 23.0 Å². The van der Waals surface area contributed by atoms with Gasteiger partial charge in [-0.25, -0.2) is 0 Å². The zero-order chi connectivity index (χ0) is 20.2. The fourth-order valence-electron chi connectivity index (χ4n) is 4.16. The van der Waals surface area contributed by atoms with E-state index in [9.17, 15) is 4.79 Å². The molecule has 0 saturated carbocycles. The Kier molecular flexibility index (Phi) is 5.84. The molecule has 1 aliphatic carbocycles. The number of aromatic nitrogens is 1. The van der Waals surface area contributed by atoms with E-state index in [2.05, 4.69) is 65.3 Å². The molecule has 1 aromatic heterocycles. The molecule has 3 heteroatoms. The van der Waals surface area contributed by atoms with Crippen molar-refractivity contribution in [3.8, 4) is 16.9 Å². The van der Waals surface area contributed by atoms with Gasteiger partial charge in [0.1, 0.15) is 0 Å². The zero-order valence-corrected chi connectivity index (χ0v) is 17.4. The summed E-state index contributed by atoms with van der Waals surface area (Å²) >= 11 is 0. The first-order valence-electron chi connectivity index (χ1n) is 10.9. The van der Waals surface area contributed by atoms with Gasteiger partial charge >= 0.3 is 0 Å². The molecule has 0 aliphatic heterocycles. The monoisotopic (exact) mass is 386 g/mol. The number of hydrogen-bond donors (Lipinski definition) is 1. The van der Waals surface area contributed by atoms with Crippen LogP contribution in [-0.4, -0.2) is 16.5 Å². The van der Waals surface area contributed by atoms with Crippen LogP contribution in [0, 0.1) is 0 Å².